The lowest BCUT2D eigenvalue weighted by Crippen LogP contribution is -2.62. The Morgan fingerprint density at radius 3 is 2.50 bits per heavy atom. The molecule has 4 rings (SSSR count). The second-order valence-corrected chi connectivity index (χ2v) is 8.13. The highest BCUT2D eigenvalue weighted by atomic mass is 16.5. The molecule has 32 heavy (non-hydrogen) atoms. The van der Waals surface area contributed by atoms with Gasteiger partial charge in [-0.1, -0.05) is 44.2 Å². The molecular weight excluding hydrogens is 406 g/mol. The molecule has 7 nitrogen and oxygen atoms in total. The summed E-state index contributed by atoms with van der Waals surface area (Å²) in [6.07, 6.45) is 3.10. The molecule has 2 aliphatic heterocycles. The van der Waals surface area contributed by atoms with Gasteiger partial charge >= 0.3 is 0 Å². The number of amides is 1. The SMILES string of the molecule is CC.COc1c2n(cc(C(=O)CCc3ccccc3)c1=O)C[C@H]1N(C)CC[C@H](C)N1C2=O. The fourth-order valence-corrected chi connectivity index (χ4v) is 4.47. The largest absolute Gasteiger partial charge is 0.491 e. The summed E-state index contributed by atoms with van der Waals surface area (Å²) >= 11 is 0. The lowest BCUT2D eigenvalue weighted by Gasteiger charge is -2.49. The van der Waals surface area contributed by atoms with Crippen molar-refractivity contribution in [2.45, 2.75) is 58.8 Å². The van der Waals surface area contributed by atoms with Crippen molar-refractivity contribution < 1.29 is 14.3 Å². The van der Waals surface area contributed by atoms with Crippen LogP contribution in [-0.4, -0.2) is 59.0 Å². The van der Waals surface area contributed by atoms with Crippen molar-refractivity contribution >= 4 is 11.7 Å². The molecule has 1 aromatic heterocycles. The second kappa shape index (κ2) is 10.1. The van der Waals surface area contributed by atoms with E-state index in [1.807, 2.05) is 63.1 Å². The number of fused-ring (bicyclic) bond motifs is 2. The highest BCUT2D eigenvalue weighted by Crippen LogP contribution is 2.30. The highest BCUT2D eigenvalue weighted by Gasteiger charge is 2.42. The molecule has 1 amide bonds. The smallest absolute Gasteiger partial charge is 0.276 e. The fraction of sp³-hybridized carbons (Fsp3) is 0.480. The molecule has 1 fully saturated rings. The molecule has 3 heterocycles. The Morgan fingerprint density at radius 2 is 1.84 bits per heavy atom. The summed E-state index contributed by atoms with van der Waals surface area (Å²) in [5.74, 6) is -0.496. The molecule has 0 N–H and O–H groups in total. The van der Waals surface area contributed by atoms with Crippen molar-refractivity contribution in [1.82, 2.24) is 14.4 Å². The van der Waals surface area contributed by atoms with Crippen molar-refractivity contribution in [2.24, 2.45) is 0 Å². The van der Waals surface area contributed by atoms with Crippen LogP contribution < -0.4 is 10.2 Å². The number of Topliss-reactive ketones (excluding diaryl/α,β-unsaturated/α-hetero) is 1. The number of benzene rings is 1. The molecule has 1 aromatic carbocycles. The molecule has 7 heteroatoms. The van der Waals surface area contributed by atoms with E-state index >= 15 is 0 Å². The minimum Gasteiger partial charge on any atom is -0.491 e. The normalized spacial score (nSPS) is 20.0. The van der Waals surface area contributed by atoms with Gasteiger partial charge in [0, 0.05) is 25.2 Å². The van der Waals surface area contributed by atoms with Gasteiger partial charge in [0.15, 0.2) is 17.2 Å². The van der Waals surface area contributed by atoms with Crippen LogP contribution >= 0.6 is 0 Å². The number of carbonyl (C=O) groups is 2. The Labute approximate surface area is 189 Å². The Hall–Kier alpha value is -2.93. The summed E-state index contributed by atoms with van der Waals surface area (Å²) in [7, 11) is 3.37. The van der Waals surface area contributed by atoms with E-state index in [2.05, 4.69) is 4.90 Å². The molecule has 1 saturated heterocycles. The average Bonchev–Trinajstić information content (AvgIpc) is 2.82. The van der Waals surface area contributed by atoms with Gasteiger partial charge in [-0.15, -0.1) is 0 Å². The van der Waals surface area contributed by atoms with Crippen LogP contribution in [0.4, 0.5) is 0 Å². The van der Waals surface area contributed by atoms with Crippen LogP contribution in [0.5, 0.6) is 5.75 Å². The Morgan fingerprint density at radius 1 is 1.16 bits per heavy atom. The fourth-order valence-electron chi connectivity index (χ4n) is 4.47. The van der Waals surface area contributed by atoms with Crippen LogP contribution in [0, 0.1) is 0 Å². The second-order valence-electron chi connectivity index (χ2n) is 8.13. The summed E-state index contributed by atoms with van der Waals surface area (Å²) in [4.78, 5) is 43.2. The lowest BCUT2D eigenvalue weighted by molar-refractivity contribution is -0.0209. The first-order chi connectivity index (χ1) is 15.4. The molecule has 2 atom stereocenters. The third-order valence-electron chi connectivity index (χ3n) is 6.23. The first-order valence-electron chi connectivity index (χ1n) is 11.3. The van der Waals surface area contributed by atoms with Crippen molar-refractivity contribution in [1.29, 1.82) is 0 Å². The predicted molar refractivity (Wildman–Crippen MR) is 124 cm³/mol. The van der Waals surface area contributed by atoms with Gasteiger partial charge in [-0.2, -0.15) is 0 Å². The van der Waals surface area contributed by atoms with E-state index in [0.29, 0.717) is 13.0 Å². The van der Waals surface area contributed by atoms with Crippen molar-refractivity contribution in [2.75, 3.05) is 20.7 Å². The van der Waals surface area contributed by atoms with Gasteiger partial charge in [0.05, 0.1) is 19.2 Å². The number of aromatic nitrogens is 1. The van der Waals surface area contributed by atoms with Gasteiger partial charge in [0.1, 0.15) is 6.17 Å². The molecule has 0 unspecified atom stereocenters. The van der Waals surface area contributed by atoms with Crippen LogP contribution in [0.3, 0.4) is 0 Å². The number of hydrogen-bond donors (Lipinski definition) is 0. The molecule has 0 spiro atoms. The monoisotopic (exact) mass is 439 g/mol. The van der Waals surface area contributed by atoms with Gasteiger partial charge in [0.2, 0.25) is 5.43 Å². The maximum atomic E-state index is 13.3. The van der Waals surface area contributed by atoms with E-state index in [1.54, 1.807) is 10.8 Å². The highest BCUT2D eigenvalue weighted by molar-refractivity contribution is 6.00. The van der Waals surface area contributed by atoms with Gasteiger partial charge in [-0.05, 0) is 32.4 Å². The van der Waals surface area contributed by atoms with Crippen LogP contribution in [-0.2, 0) is 13.0 Å². The van der Waals surface area contributed by atoms with E-state index in [0.717, 1.165) is 18.5 Å². The number of carbonyl (C=O) groups excluding carboxylic acids is 2. The molecular formula is C25H33N3O4. The summed E-state index contributed by atoms with van der Waals surface area (Å²) in [6, 6.07) is 9.78. The van der Waals surface area contributed by atoms with Crippen molar-refractivity contribution in [3.63, 3.8) is 0 Å². The predicted octanol–water partition coefficient (Wildman–Crippen LogP) is 3.20. The minimum atomic E-state index is -0.508. The third kappa shape index (κ3) is 4.35. The topological polar surface area (TPSA) is 71.8 Å². The standard InChI is InChI=1S/C23H27N3O4.C2H6/c1-15-11-12-24(2)19-14-25-13-17(18(27)10-9-16-7-5-4-6-8-16)21(28)22(30-3)20(25)23(29)26(15)19;1-2/h4-8,13,15,19H,9-12,14H2,1-3H3;1-2H3/t15-,19-;/m0./s1. The molecule has 0 aliphatic carbocycles. The van der Waals surface area contributed by atoms with E-state index in [9.17, 15) is 14.4 Å². The first-order valence-corrected chi connectivity index (χ1v) is 11.3. The van der Waals surface area contributed by atoms with Crippen LogP contribution in [0.25, 0.3) is 0 Å². The van der Waals surface area contributed by atoms with E-state index < -0.39 is 5.43 Å². The van der Waals surface area contributed by atoms with Gasteiger partial charge in [-0.25, -0.2) is 0 Å². The van der Waals surface area contributed by atoms with Gasteiger partial charge in [-0.3, -0.25) is 19.3 Å². The lowest BCUT2D eigenvalue weighted by atomic mass is 10.0. The Kier molecular flexibility index (Phi) is 7.51. The van der Waals surface area contributed by atoms with Crippen LogP contribution in [0.2, 0.25) is 0 Å². The van der Waals surface area contributed by atoms with Crippen molar-refractivity contribution in [3.05, 3.63) is 63.6 Å². The summed E-state index contributed by atoms with van der Waals surface area (Å²) in [5, 5.41) is 0. The molecule has 0 bridgehead atoms. The first kappa shape index (κ1) is 23.7. The van der Waals surface area contributed by atoms with Crippen molar-refractivity contribution in [3.8, 4) is 5.75 Å². The third-order valence-corrected chi connectivity index (χ3v) is 6.23. The van der Waals surface area contributed by atoms with Gasteiger partial charge < -0.3 is 14.2 Å². The molecule has 2 aliphatic rings. The van der Waals surface area contributed by atoms with E-state index in [-0.39, 0.29) is 47.3 Å². The summed E-state index contributed by atoms with van der Waals surface area (Å²) < 4.78 is 7.09. The number of ether oxygens (including phenoxy) is 1. The van der Waals surface area contributed by atoms with E-state index in [4.69, 9.17) is 4.74 Å². The summed E-state index contributed by atoms with van der Waals surface area (Å²) in [6.45, 7) is 7.42. The quantitative estimate of drug-likeness (QED) is 0.669. The number of nitrogens with zero attached hydrogens (tertiary/aromatic N) is 3. The zero-order valence-corrected chi connectivity index (χ0v) is 19.6. The number of pyridine rings is 1. The zero-order chi connectivity index (χ0) is 23.4. The number of likely N-dealkylation sites (N-methyl/N-ethyl adjacent to an activating group) is 1. The van der Waals surface area contributed by atoms with E-state index in [1.165, 1.54) is 7.11 Å². The minimum absolute atomic E-state index is 0.0376. The number of hydrogen-bond acceptors (Lipinski definition) is 5. The van der Waals surface area contributed by atoms with Crippen LogP contribution in [0.1, 0.15) is 60.0 Å². The maximum Gasteiger partial charge on any atom is 0.276 e. The maximum absolute atomic E-state index is 13.3. The molecule has 0 saturated carbocycles. The number of methoxy groups -OCH3 is 1. The molecule has 2 aromatic rings. The number of aryl methyl sites for hydroxylation is 1. The van der Waals surface area contributed by atoms with Crippen LogP contribution in [0.15, 0.2) is 41.3 Å². The number of rotatable bonds is 5. The zero-order valence-electron chi connectivity index (χ0n) is 19.6. The molecule has 172 valence electrons. The van der Waals surface area contributed by atoms with Gasteiger partial charge in [0.25, 0.3) is 5.91 Å². The molecule has 0 radical (unpaired) electrons. The summed E-state index contributed by atoms with van der Waals surface area (Å²) in [5.41, 5.74) is 0.853. The Bertz CT molecular complexity index is 1030. The Balaban J connectivity index is 0.00000141. The average molecular weight is 440 g/mol. The number of ketones is 1.